The van der Waals surface area contributed by atoms with Crippen LogP contribution in [0.5, 0.6) is 0 Å². The Balaban J connectivity index is 1.66. The van der Waals surface area contributed by atoms with Gasteiger partial charge in [-0.15, -0.1) is 0 Å². The minimum absolute atomic E-state index is 0.207. The molecule has 2 aromatic rings. The number of allylic oxidation sites excluding steroid dienone is 1. The molecule has 1 heterocycles. The molecule has 0 unspecified atom stereocenters. The van der Waals surface area contributed by atoms with Gasteiger partial charge in [0, 0.05) is 24.3 Å². The van der Waals surface area contributed by atoms with Crippen LogP contribution in [0.3, 0.4) is 0 Å². The fourth-order valence-electron chi connectivity index (χ4n) is 2.53. The molecule has 118 valence electrons. The van der Waals surface area contributed by atoms with Gasteiger partial charge in [-0.2, -0.15) is 0 Å². The highest BCUT2D eigenvalue weighted by atomic mass is 19.1. The Kier molecular flexibility index (Phi) is 4.83. The molecule has 23 heavy (non-hydrogen) atoms. The van der Waals surface area contributed by atoms with Gasteiger partial charge in [-0.3, -0.25) is 4.79 Å². The number of carbonyl (C=O) groups excluding carboxylic acids is 1. The summed E-state index contributed by atoms with van der Waals surface area (Å²) in [6, 6.07) is 13.7. The van der Waals surface area contributed by atoms with Crippen molar-refractivity contribution in [1.82, 2.24) is 0 Å². The van der Waals surface area contributed by atoms with E-state index in [1.807, 2.05) is 24.3 Å². The third kappa shape index (κ3) is 4.05. The molecule has 1 aliphatic rings. The summed E-state index contributed by atoms with van der Waals surface area (Å²) in [5.74, 6) is -0.610. The van der Waals surface area contributed by atoms with E-state index >= 15 is 0 Å². The molecule has 1 saturated heterocycles. The number of ketones is 1. The van der Waals surface area contributed by atoms with Crippen LogP contribution in [0.4, 0.5) is 10.1 Å². The first kappa shape index (κ1) is 15.4. The average Bonchev–Trinajstić information content (AvgIpc) is 2.61. The summed E-state index contributed by atoms with van der Waals surface area (Å²) in [6.45, 7) is 3.30. The van der Waals surface area contributed by atoms with E-state index in [-0.39, 0.29) is 5.78 Å². The maximum atomic E-state index is 13.1. The predicted molar refractivity (Wildman–Crippen MR) is 89.2 cm³/mol. The molecule has 3 nitrogen and oxygen atoms in total. The van der Waals surface area contributed by atoms with Crippen molar-refractivity contribution in [2.24, 2.45) is 0 Å². The van der Waals surface area contributed by atoms with Crippen molar-refractivity contribution >= 4 is 17.5 Å². The third-order valence-electron chi connectivity index (χ3n) is 3.81. The summed E-state index contributed by atoms with van der Waals surface area (Å²) in [4.78, 5) is 14.3. The van der Waals surface area contributed by atoms with E-state index in [1.165, 1.54) is 24.3 Å². The zero-order valence-corrected chi connectivity index (χ0v) is 12.7. The number of hydrogen-bond donors (Lipinski definition) is 0. The van der Waals surface area contributed by atoms with Crippen molar-refractivity contribution in [3.63, 3.8) is 0 Å². The molecule has 2 aromatic carbocycles. The summed E-state index contributed by atoms with van der Waals surface area (Å²) in [6.07, 6.45) is 3.22. The van der Waals surface area contributed by atoms with Crippen molar-refractivity contribution < 1.29 is 13.9 Å². The summed E-state index contributed by atoms with van der Waals surface area (Å²) >= 11 is 0. The standard InChI is InChI=1S/C19H18FNO2/c20-17-3-1-2-16(14-17)19(22)9-6-15-4-7-18(8-5-15)21-10-12-23-13-11-21/h1-9,14H,10-13H2. The molecule has 0 saturated carbocycles. The molecule has 0 aromatic heterocycles. The van der Waals surface area contributed by atoms with Gasteiger partial charge in [0.2, 0.25) is 0 Å². The van der Waals surface area contributed by atoms with Crippen LogP contribution in [-0.2, 0) is 4.74 Å². The molecular formula is C19H18FNO2. The number of morpholine rings is 1. The molecule has 4 heteroatoms. The van der Waals surface area contributed by atoms with Gasteiger partial charge in [0.05, 0.1) is 13.2 Å². The van der Waals surface area contributed by atoms with Crippen molar-refractivity contribution in [1.29, 1.82) is 0 Å². The van der Waals surface area contributed by atoms with E-state index in [1.54, 1.807) is 12.1 Å². The molecule has 0 N–H and O–H groups in total. The van der Waals surface area contributed by atoms with E-state index in [4.69, 9.17) is 4.74 Å². The van der Waals surface area contributed by atoms with Crippen LogP contribution < -0.4 is 4.90 Å². The van der Waals surface area contributed by atoms with E-state index in [0.29, 0.717) is 5.56 Å². The van der Waals surface area contributed by atoms with Crippen LogP contribution in [0.1, 0.15) is 15.9 Å². The number of benzene rings is 2. The predicted octanol–water partition coefficient (Wildman–Crippen LogP) is 3.56. The molecule has 1 aliphatic heterocycles. The van der Waals surface area contributed by atoms with Gasteiger partial charge in [0.25, 0.3) is 0 Å². The van der Waals surface area contributed by atoms with Gasteiger partial charge in [0.1, 0.15) is 5.82 Å². The molecule has 3 rings (SSSR count). The van der Waals surface area contributed by atoms with Gasteiger partial charge in [0.15, 0.2) is 5.78 Å². The maximum absolute atomic E-state index is 13.1. The highest BCUT2D eigenvalue weighted by molar-refractivity contribution is 6.06. The van der Waals surface area contributed by atoms with Crippen molar-refractivity contribution in [2.75, 3.05) is 31.2 Å². The lowest BCUT2D eigenvalue weighted by atomic mass is 10.1. The quantitative estimate of drug-likeness (QED) is 0.639. The molecule has 0 radical (unpaired) electrons. The molecule has 0 aliphatic carbocycles. The lowest BCUT2D eigenvalue weighted by Crippen LogP contribution is -2.36. The lowest BCUT2D eigenvalue weighted by Gasteiger charge is -2.28. The molecule has 0 bridgehead atoms. The zero-order chi connectivity index (χ0) is 16.1. The number of hydrogen-bond acceptors (Lipinski definition) is 3. The Morgan fingerprint density at radius 1 is 1.09 bits per heavy atom. The van der Waals surface area contributed by atoms with Gasteiger partial charge >= 0.3 is 0 Å². The number of ether oxygens (including phenoxy) is 1. The molecule has 0 atom stereocenters. The normalized spacial score (nSPS) is 15.1. The van der Waals surface area contributed by atoms with Crippen molar-refractivity contribution in [3.05, 3.63) is 71.6 Å². The minimum Gasteiger partial charge on any atom is -0.378 e. The average molecular weight is 311 g/mol. The Morgan fingerprint density at radius 2 is 1.83 bits per heavy atom. The Labute approximate surface area is 135 Å². The number of rotatable bonds is 4. The van der Waals surface area contributed by atoms with Gasteiger partial charge < -0.3 is 9.64 Å². The van der Waals surface area contributed by atoms with E-state index in [2.05, 4.69) is 4.90 Å². The number of carbonyl (C=O) groups is 1. The SMILES string of the molecule is O=C(C=Cc1ccc(N2CCOCC2)cc1)c1cccc(F)c1. The molecular weight excluding hydrogens is 293 g/mol. The van der Waals surface area contributed by atoms with Crippen LogP contribution in [0.25, 0.3) is 6.08 Å². The highest BCUT2D eigenvalue weighted by Crippen LogP contribution is 2.17. The second-order valence-corrected chi connectivity index (χ2v) is 5.40. The first-order chi connectivity index (χ1) is 11.2. The van der Waals surface area contributed by atoms with Gasteiger partial charge in [-0.25, -0.2) is 4.39 Å². The van der Waals surface area contributed by atoms with Gasteiger partial charge in [-0.1, -0.05) is 30.3 Å². The minimum atomic E-state index is -0.404. The van der Waals surface area contributed by atoms with Crippen LogP contribution in [0.15, 0.2) is 54.6 Å². The number of anilines is 1. The number of halogens is 1. The fraction of sp³-hybridized carbons (Fsp3) is 0.211. The van der Waals surface area contributed by atoms with Gasteiger partial charge in [-0.05, 0) is 35.9 Å². The first-order valence-corrected chi connectivity index (χ1v) is 7.63. The largest absolute Gasteiger partial charge is 0.378 e. The van der Waals surface area contributed by atoms with Crippen LogP contribution in [0.2, 0.25) is 0 Å². The monoisotopic (exact) mass is 311 g/mol. The second kappa shape index (κ2) is 7.20. The second-order valence-electron chi connectivity index (χ2n) is 5.40. The zero-order valence-electron chi connectivity index (χ0n) is 12.7. The molecule has 1 fully saturated rings. The number of nitrogens with zero attached hydrogens (tertiary/aromatic N) is 1. The Morgan fingerprint density at radius 3 is 2.52 bits per heavy atom. The fourth-order valence-corrected chi connectivity index (χ4v) is 2.53. The highest BCUT2D eigenvalue weighted by Gasteiger charge is 2.10. The summed E-state index contributed by atoms with van der Waals surface area (Å²) < 4.78 is 18.5. The maximum Gasteiger partial charge on any atom is 0.185 e. The van der Waals surface area contributed by atoms with Crippen LogP contribution in [-0.4, -0.2) is 32.1 Å². The lowest BCUT2D eigenvalue weighted by molar-refractivity contribution is 0.104. The summed E-state index contributed by atoms with van der Waals surface area (Å²) in [5.41, 5.74) is 2.44. The third-order valence-corrected chi connectivity index (χ3v) is 3.81. The van der Waals surface area contributed by atoms with Crippen molar-refractivity contribution in [3.8, 4) is 0 Å². The van der Waals surface area contributed by atoms with Crippen LogP contribution in [0, 0.1) is 5.82 Å². The summed E-state index contributed by atoms with van der Waals surface area (Å²) in [7, 11) is 0. The Bertz CT molecular complexity index is 704. The van der Waals surface area contributed by atoms with E-state index in [9.17, 15) is 9.18 Å². The smallest absolute Gasteiger partial charge is 0.185 e. The van der Waals surface area contributed by atoms with E-state index in [0.717, 1.165) is 37.6 Å². The van der Waals surface area contributed by atoms with E-state index < -0.39 is 5.82 Å². The molecule has 0 spiro atoms. The molecule has 0 amide bonds. The topological polar surface area (TPSA) is 29.5 Å². The van der Waals surface area contributed by atoms with Crippen molar-refractivity contribution in [2.45, 2.75) is 0 Å². The Hall–Kier alpha value is -2.46. The van der Waals surface area contributed by atoms with Crippen LogP contribution >= 0.6 is 0 Å². The summed E-state index contributed by atoms with van der Waals surface area (Å²) in [5, 5.41) is 0. The first-order valence-electron chi connectivity index (χ1n) is 7.63.